The number of hydrogen-bond donors (Lipinski definition) is 1. The molecule has 7 nitrogen and oxygen atoms in total. The van der Waals surface area contributed by atoms with Gasteiger partial charge in [0.05, 0.1) is 5.69 Å². The number of carbonyl (C=O) groups is 3. The van der Waals surface area contributed by atoms with E-state index in [1.54, 1.807) is 17.0 Å². The number of amides is 3. The summed E-state index contributed by atoms with van der Waals surface area (Å²) in [6.07, 6.45) is 0.547. The molecule has 0 radical (unpaired) electrons. The summed E-state index contributed by atoms with van der Waals surface area (Å²) in [7, 11) is 0. The van der Waals surface area contributed by atoms with Crippen molar-refractivity contribution < 1.29 is 14.4 Å². The van der Waals surface area contributed by atoms with E-state index in [9.17, 15) is 14.4 Å². The molecule has 1 atom stereocenters. The van der Waals surface area contributed by atoms with Gasteiger partial charge in [0.15, 0.2) is 0 Å². The maximum Gasteiger partial charge on any atom is 0.248 e. The van der Waals surface area contributed by atoms with Crippen LogP contribution in [0.4, 0.5) is 5.69 Å². The zero-order valence-corrected chi connectivity index (χ0v) is 18.8. The van der Waals surface area contributed by atoms with Crippen LogP contribution in [0.1, 0.15) is 22.3 Å². The van der Waals surface area contributed by atoms with E-state index < -0.39 is 11.8 Å². The number of rotatable bonds is 5. The van der Waals surface area contributed by atoms with Gasteiger partial charge in [-0.1, -0.05) is 24.3 Å². The van der Waals surface area contributed by atoms with Crippen molar-refractivity contribution in [2.24, 2.45) is 11.7 Å². The van der Waals surface area contributed by atoms with Crippen LogP contribution in [0.25, 0.3) is 0 Å². The molecule has 0 aromatic heterocycles. The Morgan fingerprint density at radius 1 is 0.968 bits per heavy atom. The van der Waals surface area contributed by atoms with Crippen LogP contribution >= 0.6 is 15.9 Å². The lowest BCUT2D eigenvalue weighted by Crippen LogP contribution is -2.51. The van der Waals surface area contributed by atoms with E-state index in [4.69, 9.17) is 5.73 Å². The van der Waals surface area contributed by atoms with Crippen LogP contribution in [-0.4, -0.2) is 60.2 Å². The summed E-state index contributed by atoms with van der Waals surface area (Å²) in [6, 6.07) is 14.9. The molecule has 0 spiro atoms. The Bertz CT molecular complexity index is 987. The van der Waals surface area contributed by atoms with Crippen molar-refractivity contribution in [3.05, 3.63) is 64.1 Å². The number of piperazine rings is 1. The fourth-order valence-corrected chi connectivity index (χ4v) is 4.70. The summed E-state index contributed by atoms with van der Waals surface area (Å²) >= 11 is 3.49. The van der Waals surface area contributed by atoms with Crippen molar-refractivity contribution in [3.8, 4) is 0 Å². The first kappa shape index (κ1) is 21.5. The first-order chi connectivity index (χ1) is 14.9. The highest BCUT2D eigenvalue weighted by Gasteiger charge is 2.40. The van der Waals surface area contributed by atoms with Crippen molar-refractivity contribution in [3.63, 3.8) is 0 Å². The number of hydrogen-bond acceptors (Lipinski definition) is 4. The van der Waals surface area contributed by atoms with Gasteiger partial charge in [0.2, 0.25) is 17.7 Å². The fraction of sp³-hybridized carbons (Fsp3) is 0.348. The molecule has 1 unspecified atom stereocenters. The van der Waals surface area contributed by atoms with Crippen LogP contribution in [0.5, 0.6) is 0 Å². The third-order valence-electron chi connectivity index (χ3n) is 5.98. The zero-order valence-electron chi connectivity index (χ0n) is 17.2. The van der Waals surface area contributed by atoms with E-state index in [2.05, 4.69) is 20.8 Å². The first-order valence-corrected chi connectivity index (χ1v) is 11.2. The number of nitrogens with zero attached hydrogens (tertiary/aromatic N) is 3. The number of anilines is 1. The minimum Gasteiger partial charge on any atom is -0.366 e. The Hall–Kier alpha value is -2.71. The number of halogens is 1. The van der Waals surface area contributed by atoms with Crippen molar-refractivity contribution in [1.29, 1.82) is 0 Å². The number of benzene rings is 2. The molecule has 0 aliphatic carbocycles. The van der Waals surface area contributed by atoms with Gasteiger partial charge >= 0.3 is 0 Å². The summed E-state index contributed by atoms with van der Waals surface area (Å²) in [5.41, 5.74) is 7.70. The lowest BCUT2D eigenvalue weighted by atomic mass is 10.1. The molecule has 3 amide bonds. The second kappa shape index (κ2) is 9.20. The summed E-state index contributed by atoms with van der Waals surface area (Å²) < 4.78 is 0.855. The molecule has 0 saturated carbocycles. The Balaban J connectivity index is 1.32. The maximum atomic E-state index is 13.0. The number of para-hydroxylation sites is 1. The second-order valence-electron chi connectivity index (χ2n) is 7.95. The topological polar surface area (TPSA) is 87.0 Å². The van der Waals surface area contributed by atoms with Gasteiger partial charge < -0.3 is 15.5 Å². The third-order valence-corrected chi connectivity index (χ3v) is 6.65. The minimum atomic E-state index is -0.597. The summed E-state index contributed by atoms with van der Waals surface area (Å²) in [5, 5.41) is 0. The van der Waals surface area contributed by atoms with Crippen LogP contribution < -0.4 is 10.6 Å². The average Bonchev–Trinajstić information content (AvgIpc) is 3.15. The van der Waals surface area contributed by atoms with Crippen molar-refractivity contribution >= 4 is 39.3 Å². The van der Waals surface area contributed by atoms with Gasteiger partial charge in [-0.15, -0.1) is 0 Å². The Kier molecular flexibility index (Phi) is 6.38. The highest BCUT2D eigenvalue weighted by atomic mass is 79.9. The van der Waals surface area contributed by atoms with E-state index in [0.29, 0.717) is 31.6 Å². The van der Waals surface area contributed by atoms with Crippen LogP contribution in [0, 0.1) is 5.92 Å². The summed E-state index contributed by atoms with van der Waals surface area (Å²) in [5.74, 6) is -1.21. The molecular weight excluding hydrogens is 460 g/mol. The van der Waals surface area contributed by atoms with Crippen molar-refractivity contribution in [2.75, 3.05) is 37.6 Å². The van der Waals surface area contributed by atoms with Crippen LogP contribution in [-0.2, 0) is 16.1 Å². The smallest absolute Gasteiger partial charge is 0.248 e. The molecule has 2 N–H and O–H groups in total. The Morgan fingerprint density at radius 2 is 1.65 bits per heavy atom. The average molecular weight is 485 g/mol. The van der Waals surface area contributed by atoms with Gasteiger partial charge in [-0.2, -0.15) is 0 Å². The minimum absolute atomic E-state index is 0.0648. The van der Waals surface area contributed by atoms with E-state index in [-0.39, 0.29) is 11.8 Å². The van der Waals surface area contributed by atoms with Gasteiger partial charge in [0.25, 0.3) is 0 Å². The van der Waals surface area contributed by atoms with Crippen LogP contribution in [0.2, 0.25) is 0 Å². The zero-order chi connectivity index (χ0) is 22.0. The fourth-order valence-electron chi connectivity index (χ4n) is 4.20. The third kappa shape index (κ3) is 4.65. The maximum absolute atomic E-state index is 13.0. The first-order valence-electron chi connectivity index (χ1n) is 10.4. The lowest BCUT2D eigenvalue weighted by Gasteiger charge is -2.35. The molecule has 8 heteroatoms. The Morgan fingerprint density at radius 3 is 2.29 bits per heavy atom. The van der Waals surface area contributed by atoms with Gasteiger partial charge in [0, 0.05) is 49.3 Å². The highest BCUT2D eigenvalue weighted by Crippen LogP contribution is 2.32. The van der Waals surface area contributed by atoms with Crippen molar-refractivity contribution in [1.82, 2.24) is 9.80 Å². The molecule has 2 fully saturated rings. The van der Waals surface area contributed by atoms with E-state index in [1.807, 2.05) is 41.3 Å². The van der Waals surface area contributed by atoms with Crippen molar-refractivity contribution in [2.45, 2.75) is 13.0 Å². The van der Waals surface area contributed by atoms with Crippen LogP contribution in [0.15, 0.2) is 53.0 Å². The SMILES string of the molecule is NC(=O)c1ccc(CN2CCN(C(=O)C3CCN(c4ccccc4Br)C3=O)CC2)cc1. The summed E-state index contributed by atoms with van der Waals surface area (Å²) in [4.78, 5) is 43.0. The molecule has 31 heavy (non-hydrogen) atoms. The number of nitrogens with two attached hydrogens (primary N) is 1. The molecule has 2 aliphatic heterocycles. The lowest BCUT2D eigenvalue weighted by molar-refractivity contribution is -0.141. The monoisotopic (exact) mass is 484 g/mol. The Labute approximate surface area is 189 Å². The molecule has 162 valence electrons. The van der Waals surface area contributed by atoms with E-state index >= 15 is 0 Å². The van der Waals surface area contributed by atoms with Gasteiger partial charge in [0.1, 0.15) is 5.92 Å². The highest BCUT2D eigenvalue weighted by molar-refractivity contribution is 9.10. The predicted molar refractivity (Wildman–Crippen MR) is 121 cm³/mol. The number of primary amides is 1. The quantitative estimate of drug-likeness (QED) is 0.659. The normalized spacial score (nSPS) is 19.6. The molecule has 2 aromatic carbocycles. The second-order valence-corrected chi connectivity index (χ2v) is 8.80. The molecule has 2 saturated heterocycles. The molecule has 0 bridgehead atoms. The van der Waals surface area contributed by atoms with E-state index in [1.165, 1.54) is 0 Å². The van der Waals surface area contributed by atoms with Crippen LogP contribution in [0.3, 0.4) is 0 Å². The summed E-state index contributed by atoms with van der Waals surface area (Å²) in [6.45, 7) is 4.02. The largest absolute Gasteiger partial charge is 0.366 e. The predicted octanol–water partition coefficient (Wildman–Crippen LogP) is 2.25. The number of carbonyl (C=O) groups excluding carboxylic acids is 3. The molecular formula is C23H25BrN4O3. The van der Waals surface area contributed by atoms with Gasteiger partial charge in [-0.3, -0.25) is 19.3 Å². The standard InChI is InChI=1S/C23H25BrN4O3/c24-19-3-1-2-4-20(19)28-10-9-18(23(28)31)22(30)27-13-11-26(12-14-27)15-16-5-7-17(8-6-16)21(25)29/h1-8,18H,9-15H2,(H2,25,29). The van der Waals surface area contributed by atoms with E-state index in [0.717, 1.165) is 35.4 Å². The molecule has 2 heterocycles. The van der Waals surface area contributed by atoms with Gasteiger partial charge in [-0.05, 0) is 52.2 Å². The van der Waals surface area contributed by atoms with Gasteiger partial charge in [-0.25, -0.2) is 0 Å². The molecule has 4 rings (SSSR count). The molecule has 2 aromatic rings. The molecule has 2 aliphatic rings.